The van der Waals surface area contributed by atoms with Crippen LogP contribution in [0.2, 0.25) is 0 Å². The quantitative estimate of drug-likeness (QED) is 0.843. The van der Waals surface area contributed by atoms with Crippen LogP contribution >= 0.6 is 34.9 Å². The summed E-state index contributed by atoms with van der Waals surface area (Å²) >= 11 is 3.99. The van der Waals surface area contributed by atoms with Gasteiger partial charge in [0.25, 0.3) is 5.91 Å². The number of benzene rings is 1. The first kappa shape index (κ1) is 13.8. The van der Waals surface area contributed by atoms with Crippen molar-refractivity contribution in [2.24, 2.45) is 0 Å². The third-order valence-corrected chi connectivity index (χ3v) is 5.65. The van der Waals surface area contributed by atoms with E-state index in [-0.39, 0.29) is 5.56 Å². The predicted octanol–water partition coefficient (Wildman–Crippen LogP) is 2.54. The standard InChI is InChI=1S/C11H8FN3O2S3/c1-18-10-14-15-11(20-10)19-7-3-6-4(2-5(7)12)8(16)9(17)13-6/h2-3,8,16H,1H3,(H,13,17). The molecular weight excluding hydrogens is 321 g/mol. The van der Waals surface area contributed by atoms with E-state index in [4.69, 9.17) is 0 Å². The Morgan fingerprint density at radius 3 is 2.85 bits per heavy atom. The van der Waals surface area contributed by atoms with Crippen molar-refractivity contribution in [3.63, 3.8) is 0 Å². The molecule has 20 heavy (non-hydrogen) atoms. The minimum Gasteiger partial charge on any atom is -0.378 e. The molecule has 2 N–H and O–H groups in total. The minimum absolute atomic E-state index is 0.263. The topological polar surface area (TPSA) is 75.1 Å². The Kier molecular flexibility index (Phi) is 3.67. The maximum atomic E-state index is 14.0. The molecule has 0 bridgehead atoms. The fourth-order valence-electron chi connectivity index (χ4n) is 1.74. The summed E-state index contributed by atoms with van der Waals surface area (Å²) in [5, 5.41) is 20.0. The zero-order chi connectivity index (χ0) is 14.3. The Hall–Kier alpha value is -1.16. The summed E-state index contributed by atoms with van der Waals surface area (Å²) in [6.07, 6.45) is 0.588. The average molecular weight is 329 g/mol. The number of anilines is 1. The van der Waals surface area contributed by atoms with Crippen LogP contribution < -0.4 is 5.32 Å². The number of halogens is 1. The molecule has 0 saturated carbocycles. The molecule has 1 aliphatic rings. The van der Waals surface area contributed by atoms with Crippen LogP contribution in [0.5, 0.6) is 0 Å². The van der Waals surface area contributed by atoms with Crippen LogP contribution in [0.4, 0.5) is 10.1 Å². The van der Waals surface area contributed by atoms with Gasteiger partial charge in [-0.25, -0.2) is 4.39 Å². The zero-order valence-corrected chi connectivity index (χ0v) is 12.5. The highest BCUT2D eigenvalue weighted by molar-refractivity contribution is 8.03. The Labute approximate surface area is 126 Å². The van der Waals surface area contributed by atoms with E-state index in [9.17, 15) is 14.3 Å². The predicted molar refractivity (Wildman–Crippen MR) is 75.8 cm³/mol. The van der Waals surface area contributed by atoms with Crippen LogP contribution in [0, 0.1) is 5.82 Å². The summed E-state index contributed by atoms with van der Waals surface area (Å²) < 4.78 is 15.4. The monoisotopic (exact) mass is 329 g/mol. The fourth-order valence-corrected chi connectivity index (χ4v) is 4.18. The van der Waals surface area contributed by atoms with Gasteiger partial charge in [-0.05, 0) is 18.4 Å². The van der Waals surface area contributed by atoms with E-state index in [1.807, 2.05) is 6.26 Å². The summed E-state index contributed by atoms with van der Waals surface area (Å²) in [5.41, 5.74) is 0.694. The van der Waals surface area contributed by atoms with Gasteiger partial charge in [0, 0.05) is 11.3 Å². The molecule has 9 heteroatoms. The van der Waals surface area contributed by atoms with E-state index < -0.39 is 17.8 Å². The summed E-state index contributed by atoms with van der Waals surface area (Å²) in [5.74, 6) is -1.03. The molecule has 0 saturated heterocycles. The molecule has 1 unspecified atom stereocenters. The van der Waals surface area contributed by atoms with E-state index in [1.54, 1.807) is 0 Å². The number of fused-ring (bicyclic) bond motifs is 1. The molecule has 1 aliphatic heterocycles. The normalized spacial score (nSPS) is 17.1. The van der Waals surface area contributed by atoms with Gasteiger partial charge in [-0.15, -0.1) is 10.2 Å². The van der Waals surface area contributed by atoms with Gasteiger partial charge in [0.1, 0.15) is 5.82 Å². The Bertz CT molecular complexity index is 692. The van der Waals surface area contributed by atoms with Crippen molar-refractivity contribution < 1.29 is 14.3 Å². The van der Waals surface area contributed by atoms with Crippen molar-refractivity contribution in [3.8, 4) is 0 Å². The van der Waals surface area contributed by atoms with Crippen LogP contribution in [0.15, 0.2) is 25.7 Å². The van der Waals surface area contributed by atoms with E-state index in [2.05, 4.69) is 15.5 Å². The molecular formula is C11H8FN3O2S3. The van der Waals surface area contributed by atoms with Crippen LogP contribution in [0.25, 0.3) is 0 Å². The number of nitrogens with one attached hydrogen (secondary N) is 1. The lowest BCUT2D eigenvalue weighted by molar-refractivity contribution is -0.123. The number of aromatic nitrogens is 2. The van der Waals surface area contributed by atoms with Crippen LogP contribution in [-0.2, 0) is 4.79 Å². The zero-order valence-electron chi connectivity index (χ0n) is 10.1. The van der Waals surface area contributed by atoms with Crippen molar-refractivity contribution in [2.75, 3.05) is 11.6 Å². The first-order valence-electron chi connectivity index (χ1n) is 5.46. The lowest BCUT2D eigenvalue weighted by Gasteiger charge is -2.05. The SMILES string of the molecule is CSc1nnc(Sc2cc3c(cc2F)C(O)C(=O)N3)s1. The van der Waals surface area contributed by atoms with Gasteiger partial charge in [0.05, 0.1) is 4.90 Å². The van der Waals surface area contributed by atoms with E-state index >= 15 is 0 Å². The molecule has 2 heterocycles. The molecule has 1 aromatic carbocycles. The second kappa shape index (κ2) is 5.32. The van der Waals surface area contributed by atoms with E-state index in [0.717, 1.165) is 16.1 Å². The number of rotatable bonds is 3. The first-order valence-corrected chi connectivity index (χ1v) is 8.32. The molecule has 5 nitrogen and oxygen atoms in total. The lowest BCUT2D eigenvalue weighted by Crippen LogP contribution is -2.10. The second-order valence-electron chi connectivity index (χ2n) is 3.90. The van der Waals surface area contributed by atoms with Crippen molar-refractivity contribution in [2.45, 2.75) is 19.7 Å². The summed E-state index contributed by atoms with van der Waals surface area (Å²) in [4.78, 5) is 11.7. The number of thioether (sulfide) groups is 1. The summed E-state index contributed by atoms with van der Waals surface area (Å²) in [6, 6.07) is 2.68. The number of carbonyl (C=O) groups is 1. The molecule has 104 valence electrons. The maximum Gasteiger partial charge on any atom is 0.257 e. The highest BCUT2D eigenvalue weighted by Gasteiger charge is 2.30. The van der Waals surface area contributed by atoms with Gasteiger partial charge in [-0.3, -0.25) is 4.79 Å². The highest BCUT2D eigenvalue weighted by atomic mass is 32.2. The van der Waals surface area contributed by atoms with Gasteiger partial charge in [0.2, 0.25) is 0 Å². The van der Waals surface area contributed by atoms with Crippen molar-refractivity contribution in [1.82, 2.24) is 10.2 Å². The van der Waals surface area contributed by atoms with Crippen LogP contribution in [0.3, 0.4) is 0 Å². The lowest BCUT2D eigenvalue weighted by atomic mass is 10.1. The van der Waals surface area contributed by atoms with E-state index in [1.165, 1.54) is 35.2 Å². The van der Waals surface area contributed by atoms with Crippen molar-refractivity contribution in [3.05, 3.63) is 23.5 Å². The number of hydrogen-bond donors (Lipinski definition) is 2. The molecule has 0 radical (unpaired) electrons. The van der Waals surface area contributed by atoms with Crippen molar-refractivity contribution in [1.29, 1.82) is 0 Å². The Balaban J connectivity index is 1.91. The molecule has 0 spiro atoms. The van der Waals surface area contributed by atoms with Crippen LogP contribution in [-0.4, -0.2) is 27.5 Å². The molecule has 0 aliphatic carbocycles. The van der Waals surface area contributed by atoms with Gasteiger partial charge in [0.15, 0.2) is 14.8 Å². The molecule has 1 atom stereocenters. The second-order valence-corrected chi connectivity index (χ2v) is 7.22. The number of aliphatic hydroxyl groups is 1. The van der Waals surface area contributed by atoms with Gasteiger partial charge in [-0.2, -0.15) is 0 Å². The molecule has 3 rings (SSSR count). The number of carbonyl (C=O) groups excluding carboxylic acids is 1. The van der Waals surface area contributed by atoms with Gasteiger partial charge in [-0.1, -0.05) is 34.9 Å². The van der Waals surface area contributed by atoms with Gasteiger partial charge < -0.3 is 10.4 Å². The van der Waals surface area contributed by atoms with Crippen LogP contribution in [0.1, 0.15) is 11.7 Å². The average Bonchev–Trinajstić information content (AvgIpc) is 2.98. The number of hydrogen-bond acceptors (Lipinski definition) is 7. The smallest absolute Gasteiger partial charge is 0.257 e. The third-order valence-electron chi connectivity index (χ3n) is 2.66. The third kappa shape index (κ3) is 2.41. The Morgan fingerprint density at radius 1 is 1.40 bits per heavy atom. The highest BCUT2D eigenvalue weighted by Crippen LogP contribution is 2.39. The summed E-state index contributed by atoms with van der Waals surface area (Å²) in [7, 11) is 0. The summed E-state index contributed by atoms with van der Waals surface area (Å²) in [6.45, 7) is 0. The number of nitrogens with zero attached hydrogens (tertiary/aromatic N) is 2. The molecule has 1 aromatic heterocycles. The number of amides is 1. The maximum absolute atomic E-state index is 14.0. The largest absolute Gasteiger partial charge is 0.378 e. The Morgan fingerprint density at radius 2 is 2.15 bits per heavy atom. The number of aliphatic hydroxyl groups excluding tert-OH is 1. The van der Waals surface area contributed by atoms with E-state index in [0.29, 0.717) is 14.9 Å². The van der Waals surface area contributed by atoms with Gasteiger partial charge >= 0.3 is 0 Å². The minimum atomic E-state index is -1.30. The molecule has 1 amide bonds. The molecule has 2 aromatic rings. The first-order chi connectivity index (χ1) is 9.58. The van der Waals surface area contributed by atoms with Crippen molar-refractivity contribution >= 4 is 46.5 Å². The fraction of sp³-hybridized carbons (Fsp3) is 0.182. The molecule has 0 fully saturated rings.